The summed E-state index contributed by atoms with van der Waals surface area (Å²) in [6.45, 7) is 1.77. The van der Waals surface area contributed by atoms with E-state index in [9.17, 15) is 9.59 Å². The molecule has 2 N–H and O–H groups in total. The number of amides is 2. The van der Waals surface area contributed by atoms with E-state index in [0.29, 0.717) is 47.6 Å². The quantitative estimate of drug-likeness (QED) is 0.210. The molecule has 5 aromatic rings. The van der Waals surface area contributed by atoms with E-state index in [0.717, 1.165) is 28.8 Å². The van der Waals surface area contributed by atoms with Crippen LogP contribution < -0.4 is 10.6 Å². The number of halogens is 1. The standard InChI is InChI=1S/C34H33ClN8O2/c1-41(2)18-8-12-29(44)37-25-15-13-24(14-16-25)33(45)42-20-17-26(22-42)38-34-36-21-27(35)32(39-34)30-28-11-6-7-19-43(28)40-31(30)23-9-4-3-5-10-23/h3-16,19,21,26H,17-18,20,22H2,1-2H3,(H,37,44)(H,36,38,39)/b12-8+/t26-/m0/s1. The number of nitrogens with zero attached hydrogens (tertiary/aromatic N) is 6. The van der Waals surface area contributed by atoms with Crippen LogP contribution in [0.4, 0.5) is 11.6 Å². The van der Waals surface area contributed by atoms with Crippen LogP contribution in [-0.2, 0) is 4.79 Å². The number of pyridine rings is 1. The van der Waals surface area contributed by atoms with Crippen molar-refractivity contribution in [3.8, 4) is 22.5 Å². The number of fused-ring (bicyclic) bond motifs is 1. The number of hydrogen-bond acceptors (Lipinski definition) is 7. The predicted molar refractivity (Wildman–Crippen MR) is 177 cm³/mol. The minimum atomic E-state index is -0.213. The average Bonchev–Trinajstić information content (AvgIpc) is 3.67. The van der Waals surface area contributed by atoms with E-state index in [2.05, 4.69) is 15.6 Å². The Labute approximate surface area is 266 Å². The number of carbonyl (C=O) groups excluding carboxylic acids is 2. The summed E-state index contributed by atoms with van der Waals surface area (Å²) in [4.78, 5) is 38.5. The minimum Gasteiger partial charge on any atom is -0.350 e. The maximum atomic E-state index is 13.3. The highest BCUT2D eigenvalue weighted by molar-refractivity contribution is 6.33. The molecule has 0 bridgehead atoms. The average molecular weight is 621 g/mol. The summed E-state index contributed by atoms with van der Waals surface area (Å²) in [6, 6.07) is 22.7. The number of carbonyl (C=O) groups is 2. The molecule has 0 aliphatic carbocycles. The predicted octanol–water partition coefficient (Wildman–Crippen LogP) is 5.49. The lowest BCUT2D eigenvalue weighted by atomic mass is 10.0. The van der Waals surface area contributed by atoms with Crippen molar-refractivity contribution >= 4 is 40.6 Å². The maximum absolute atomic E-state index is 13.3. The minimum absolute atomic E-state index is 0.0343. The van der Waals surface area contributed by atoms with Gasteiger partial charge >= 0.3 is 0 Å². The number of likely N-dealkylation sites (N-methyl/N-ethyl adjacent to an activating group) is 1. The number of likely N-dealkylation sites (tertiary alicyclic amines) is 1. The Hall–Kier alpha value is -5.06. The van der Waals surface area contributed by atoms with Gasteiger partial charge in [0.1, 0.15) is 5.69 Å². The largest absolute Gasteiger partial charge is 0.350 e. The maximum Gasteiger partial charge on any atom is 0.253 e. The van der Waals surface area contributed by atoms with Crippen molar-refractivity contribution in [2.45, 2.75) is 12.5 Å². The first kappa shape index (κ1) is 30.0. The lowest BCUT2D eigenvalue weighted by molar-refractivity contribution is -0.111. The van der Waals surface area contributed by atoms with E-state index in [1.165, 1.54) is 6.08 Å². The first-order valence-corrected chi connectivity index (χ1v) is 15.1. The second-order valence-electron chi connectivity index (χ2n) is 11.1. The van der Waals surface area contributed by atoms with Crippen LogP contribution in [0.15, 0.2) is 97.3 Å². The van der Waals surface area contributed by atoms with Crippen molar-refractivity contribution in [2.24, 2.45) is 0 Å². The van der Waals surface area contributed by atoms with E-state index >= 15 is 0 Å². The molecule has 3 aromatic heterocycles. The Bertz CT molecular complexity index is 1850. The number of rotatable bonds is 9. The zero-order chi connectivity index (χ0) is 31.3. The number of hydrogen-bond donors (Lipinski definition) is 2. The zero-order valence-corrected chi connectivity index (χ0v) is 25.8. The summed E-state index contributed by atoms with van der Waals surface area (Å²) in [5.74, 6) is 0.150. The van der Waals surface area contributed by atoms with Gasteiger partial charge in [-0.05, 0) is 56.9 Å². The van der Waals surface area contributed by atoms with Crippen molar-refractivity contribution in [3.63, 3.8) is 0 Å². The Kier molecular flexibility index (Phi) is 8.86. The Morgan fingerprint density at radius 1 is 1.02 bits per heavy atom. The van der Waals surface area contributed by atoms with Crippen LogP contribution in [0.5, 0.6) is 0 Å². The van der Waals surface area contributed by atoms with Crippen molar-refractivity contribution in [1.82, 2.24) is 29.4 Å². The van der Waals surface area contributed by atoms with Crippen LogP contribution in [-0.4, -0.2) is 81.0 Å². The van der Waals surface area contributed by atoms with Gasteiger partial charge in [-0.3, -0.25) is 9.59 Å². The van der Waals surface area contributed by atoms with Gasteiger partial charge in [0.15, 0.2) is 0 Å². The van der Waals surface area contributed by atoms with Crippen LogP contribution >= 0.6 is 11.6 Å². The third-order valence-corrected chi connectivity index (χ3v) is 7.79. The summed E-state index contributed by atoms with van der Waals surface area (Å²) >= 11 is 6.70. The van der Waals surface area contributed by atoms with E-state index < -0.39 is 0 Å². The molecule has 45 heavy (non-hydrogen) atoms. The van der Waals surface area contributed by atoms with Crippen LogP contribution in [0.25, 0.3) is 28.0 Å². The molecule has 1 saturated heterocycles. The molecule has 228 valence electrons. The molecular formula is C34H33ClN8O2. The van der Waals surface area contributed by atoms with Crippen LogP contribution in [0.2, 0.25) is 5.02 Å². The fourth-order valence-corrected chi connectivity index (χ4v) is 5.51. The normalized spacial score (nSPS) is 14.8. The summed E-state index contributed by atoms with van der Waals surface area (Å²) in [5.41, 5.74) is 5.21. The molecule has 10 nitrogen and oxygen atoms in total. The Morgan fingerprint density at radius 2 is 1.80 bits per heavy atom. The van der Waals surface area contributed by atoms with Gasteiger partial charge < -0.3 is 20.4 Å². The fraction of sp³-hybridized carbons (Fsp3) is 0.206. The van der Waals surface area contributed by atoms with E-state index in [4.69, 9.17) is 21.7 Å². The van der Waals surface area contributed by atoms with Gasteiger partial charge in [-0.2, -0.15) is 5.10 Å². The fourth-order valence-electron chi connectivity index (χ4n) is 5.32. The second-order valence-corrected chi connectivity index (χ2v) is 11.5. The van der Waals surface area contributed by atoms with Gasteiger partial charge in [0, 0.05) is 54.8 Å². The molecule has 1 atom stereocenters. The Morgan fingerprint density at radius 3 is 2.58 bits per heavy atom. The van der Waals surface area contributed by atoms with Gasteiger partial charge in [0.05, 0.1) is 28.0 Å². The van der Waals surface area contributed by atoms with E-state index in [-0.39, 0.29) is 17.9 Å². The molecular weight excluding hydrogens is 588 g/mol. The zero-order valence-electron chi connectivity index (χ0n) is 25.0. The molecule has 1 aliphatic rings. The van der Waals surface area contributed by atoms with Gasteiger partial charge in [-0.25, -0.2) is 14.5 Å². The summed E-state index contributed by atoms with van der Waals surface area (Å²) in [6.07, 6.45) is 7.54. The molecule has 4 heterocycles. The molecule has 11 heteroatoms. The number of anilines is 2. The third-order valence-electron chi connectivity index (χ3n) is 7.52. The number of aromatic nitrogens is 4. The SMILES string of the molecule is CN(C)C/C=C/C(=O)Nc1ccc(C(=O)N2CC[C@H](Nc3ncc(Cl)c(-c4c(-c5ccccc5)nn5ccccc45)n3)C2)cc1. The summed E-state index contributed by atoms with van der Waals surface area (Å²) < 4.78 is 1.83. The van der Waals surface area contributed by atoms with Crippen molar-refractivity contribution in [2.75, 3.05) is 44.4 Å². The molecule has 6 rings (SSSR count). The molecule has 0 spiro atoms. The van der Waals surface area contributed by atoms with Crippen LogP contribution in [0.1, 0.15) is 16.8 Å². The second kappa shape index (κ2) is 13.3. The Balaban J connectivity index is 1.14. The van der Waals surface area contributed by atoms with Crippen molar-refractivity contribution < 1.29 is 9.59 Å². The lowest BCUT2D eigenvalue weighted by Gasteiger charge is -2.18. The van der Waals surface area contributed by atoms with Gasteiger partial charge in [-0.15, -0.1) is 0 Å². The lowest BCUT2D eigenvalue weighted by Crippen LogP contribution is -2.31. The first-order valence-electron chi connectivity index (χ1n) is 14.7. The highest BCUT2D eigenvalue weighted by Crippen LogP contribution is 2.37. The number of benzene rings is 2. The molecule has 2 aromatic carbocycles. The number of nitrogens with one attached hydrogen (secondary N) is 2. The highest BCUT2D eigenvalue weighted by atomic mass is 35.5. The third kappa shape index (κ3) is 6.87. The topological polar surface area (TPSA) is 108 Å². The molecule has 0 saturated carbocycles. The molecule has 0 radical (unpaired) electrons. The highest BCUT2D eigenvalue weighted by Gasteiger charge is 2.28. The summed E-state index contributed by atoms with van der Waals surface area (Å²) in [5, 5.41) is 11.5. The van der Waals surface area contributed by atoms with Crippen molar-refractivity contribution in [3.05, 3.63) is 108 Å². The molecule has 1 aliphatic heterocycles. The smallest absolute Gasteiger partial charge is 0.253 e. The molecule has 2 amide bonds. The van der Waals surface area contributed by atoms with Gasteiger partial charge in [0.25, 0.3) is 5.91 Å². The van der Waals surface area contributed by atoms with E-state index in [1.807, 2.05) is 83.1 Å². The monoisotopic (exact) mass is 620 g/mol. The van der Waals surface area contributed by atoms with Crippen LogP contribution in [0, 0.1) is 0 Å². The van der Waals surface area contributed by atoms with Crippen LogP contribution in [0.3, 0.4) is 0 Å². The van der Waals surface area contributed by atoms with Crippen molar-refractivity contribution in [1.29, 1.82) is 0 Å². The molecule has 1 fully saturated rings. The van der Waals surface area contributed by atoms with Gasteiger partial charge in [-0.1, -0.05) is 54.1 Å². The van der Waals surface area contributed by atoms with E-state index in [1.54, 1.807) is 36.5 Å². The first-order chi connectivity index (χ1) is 21.9. The summed E-state index contributed by atoms with van der Waals surface area (Å²) in [7, 11) is 3.87. The molecule has 0 unspecified atom stereocenters. The van der Waals surface area contributed by atoms with Gasteiger partial charge in [0.2, 0.25) is 11.9 Å².